The Balaban J connectivity index is 1.24. The number of hydrogen-bond donors (Lipinski definition) is 1. The zero-order valence-corrected chi connectivity index (χ0v) is 21.3. The molecule has 7 nitrogen and oxygen atoms in total. The Morgan fingerprint density at radius 3 is 2.23 bits per heavy atom. The van der Waals surface area contributed by atoms with Crippen LogP contribution in [0, 0.1) is 0 Å². The molecule has 1 fully saturated rings. The van der Waals surface area contributed by atoms with E-state index < -0.39 is 11.5 Å². The molecule has 3 aromatic carbocycles. The molecule has 0 unspecified atom stereocenters. The van der Waals surface area contributed by atoms with E-state index in [2.05, 4.69) is 10.3 Å². The monoisotopic (exact) mass is 518 g/mol. The fraction of sp³-hybridized carbons (Fsp3) is 0.156. The Morgan fingerprint density at radius 2 is 1.56 bits per heavy atom. The first kappa shape index (κ1) is 24.4. The van der Waals surface area contributed by atoms with Crippen LogP contribution < -0.4 is 5.32 Å². The van der Waals surface area contributed by atoms with Crippen molar-refractivity contribution in [2.75, 3.05) is 12.4 Å². The van der Waals surface area contributed by atoms with Gasteiger partial charge < -0.3 is 13.9 Å². The highest BCUT2D eigenvalue weighted by Gasteiger charge is 2.52. The van der Waals surface area contributed by atoms with Gasteiger partial charge in [-0.1, -0.05) is 78.9 Å². The fourth-order valence-electron chi connectivity index (χ4n) is 4.87. The van der Waals surface area contributed by atoms with Crippen molar-refractivity contribution in [1.82, 2.24) is 4.98 Å². The lowest BCUT2D eigenvalue weighted by molar-refractivity contribution is -0.143. The summed E-state index contributed by atoms with van der Waals surface area (Å²) in [5, 5.41) is 3.60. The van der Waals surface area contributed by atoms with Crippen LogP contribution in [0.25, 0.3) is 33.4 Å². The molecule has 0 aliphatic heterocycles. The van der Waals surface area contributed by atoms with Crippen LogP contribution in [0.1, 0.15) is 24.0 Å². The first-order chi connectivity index (χ1) is 19.1. The number of hydrogen-bond acceptors (Lipinski definition) is 6. The summed E-state index contributed by atoms with van der Waals surface area (Å²) in [4.78, 5) is 29.1. The molecular weight excluding hydrogens is 492 g/mol. The first-order valence-corrected chi connectivity index (χ1v) is 12.7. The molecule has 1 saturated carbocycles. The van der Waals surface area contributed by atoms with E-state index in [9.17, 15) is 9.59 Å². The van der Waals surface area contributed by atoms with Crippen LogP contribution in [0.3, 0.4) is 0 Å². The second-order valence-electron chi connectivity index (χ2n) is 9.59. The standard InChI is InChI=1S/C32H26N2O5/c1-37-30(35)32(16-17-32)25-13-11-23(12-14-25)22-7-9-24(10-8-22)29-28(26-15-18-33-19-27(26)39-29)34-31(36)38-20-21-5-3-2-4-6-21/h2-15,18-19H,16-17,20H2,1H3,(H,34,36). The number of benzene rings is 3. The highest BCUT2D eigenvalue weighted by atomic mass is 16.5. The number of rotatable bonds is 7. The quantitative estimate of drug-likeness (QED) is 0.231. The van der Waals surface area contributed by atoms with Crippen molar-refractivity contribution in [1.29, 1.82) is 0 Å². The number of nitrogens with one attached hydrogen (secondary N) is 1. The van der Waals surface area contributed by atoms with Gasteiger partial charge in [-0.2, -0.15) is 0 Å². The van der Waals surface area contributed by atoms with Crippen LogP contribution >= 0.6 is 0 Å². The van der Waals surface area contributed by atoms with Gasteiger partial charge in [0, 0.05) is 17.1 Å². The Kier molecular flexibility index (Phi) is 6.32. The molecule has 5 aromatic rings. The number of nitrogens with zero attached hydrogens (tertiary/aromatic N) is 1. The first-order valence-electron chi connectivity index (χ1n) is 12.7. The van der Waals surface area contributed by atoms with E-state index in [0.29, 0.717) is 17.0 Å². The Labute approximate surface area is 225 Å². The summed E-state index contributed by atoms with van der Waals surface area (Å²) in [5.74, 6) is 0.347. The number of ether oxygens (including phenoxy) is 2. The number of amides is 1. The van der Waals surface area contributed by atoms with Crippen LogP contribution in [-0.4, -0.2) is 24.2 Å². The molecule has 0 saturated heterocycles. The number of anilines is 1. The third-order valence-corrected chi connectivity index (χ3v) is 7.18. The van der Waals surface area contributed by atoms with Gasteiger partial charge >= 0.3 is 12.1 Å². The summed E-state index contributed by atoms with van der Waals surface area (Å²) in [6.45, 7) is 0.160. The summed E-state index contributed by atoms with van der Waals surface area (Å²) in [7, 11) is 1.44. The minimum Gasteiger partial charge on any atom is -0.468 e. The molecule has 0 radical (unpaired) electrons. The zero-order chi connectivity index (χ0) is 26.8. The molecule has 6 rings (SSSR count). The van der Waals surface area contributed by atoms with E-state index in [0.717, 1.165) is 46.0 Å². The SMILES string of the molecule is COC(=O)C1(c2ccc(-c3ccc(-c4oc5cnccc5c4NC(=O)OCc4ccccc4)cc3)cc2)CC1. The largest absolute Gasteiger partial charge is 0.468 e. The minimum atomic E-state index is -0.572. The third-order valence-electron chi connectivity index (χ3n) is 7.18. The van der Waals surface area contributed by atoms with Crippen LogP contribution in [-0.2, 0) is 26.3 Å². The van der Waals surface area contributed by atoms with Crippen LogP contribution in [0.2, 0.25) is 0 Å². The van der Waals surface area contributed by atoms with Crippen LogP contribution in [0.5, 0.6) is 0 Å². The van der Waals surface area contributed by atoms with E-state index in [1.54, 1.807) is 18.5 Å². The number of pyridine rings is 1. The zero-order valence-electron chi connectivity index (χ0n) is 21.3. The molecular formula is C32H26N2O5. The van der Waals surface area contributed by atoms with E-state index in [4.69, 9.17) is 13.9 Å². The lowest BCUT2D eigenvalue weighted by Gasteiger charge is -2.13. The molecule has 2 heterocycles. The van der Waals surface area contributed by atoms with Gasteiger partial charge in [0.25, 0.3) is 0 Å². The van der Waals surface area contributed by atoms with Crippen LogP contribution in [0.15, 0.2) is 102 Å². The molecule has 1 amide bonds. The predicted octanol–water partition coefficient (Wildman–Crippen LogP) is 7.12. The predicted molar refractivity (Wildman–Crippen MR) is 148 cm³/mol. The smallest absolute Gasteiger partial charge is 0.412 e. The van der Waals surface area contributed by atoms with Crippen molar-refractivity contribution in [3.8, 4) is 22.5 Å². The summed E-state index contributed by atoms with van der Waals surface area (Å²) in [6, 6.07) is 27.3. The van der Waals surface area contributed by atoms with E-state index in [1.807, 2.05) is 78.9 Å². The summed E-state index contributed by atoms with van der Waals surface area (Å²) < 4.78 is 16.6. The molecule has 194 valence electrons. The highest BCUT2D eigenvalue weighted by Crippen LogP contribution is 2.49. The second kappa shape index (κ2) is 10.1. The number of furan rings is 1. The summed E-state index contributed by atoms with van der Waals surface area (Å²) in [5.41, 5.74) is 5.33. The number of aromatic nitrogens is 1. The van der Waals surface area contributed by atoms with E-state index in [-0.39, 0.29) is 12.6 Å². The van der Waals surface area contributed by atoms with Gasteiger partial charge in [-0.25, -0.2) is 4.79 Å². The average Bonchev–Trinajstić information content (AvgIpc) is 3.73. The van der Waals surface area contributed by atoms with Crippen molar-refractivity contribution >= 4 is 28.7 Å². The Bertz CT molecular complexity index is 1640. The topological polar surface area (TPSA) is 90.7 Å². The molecule has 7 heteroatoms. The van der Waals surface area contributed by atoms with Gasteiger partial charge in [0.15, 0.2) is 11.3 Å². The Hall–Kier alpha value is -4.91. The van der Waals surface area contributed by atoms with Crippen LogP contribution in [0.4, 0.5) is 10.5 Å². The third kappa shape index (κ3) is 4.75. The van der Waals surface area contributed by atoms with Crippen molar-refractivity contribution in [2.45, 2.75) is 24.9 Å². The molecule has 2 aromatic heterocycles. The van der Waals surface area contributed by atoms with Gasteiger partial charge in [-0.3, -0.25) is 15.1 Å². The fourth-order valence-corrected chi connectivity index (χ4v) is 4.87. The number of methoxy groups -OCH3 is 1. The number of carbonyl (C=O) groups is 2. The Morgan fingerprint density at radius 1 is 0.897 bits per heavy atom. The molecule has 1 aliphatic rings. The molecule has 0 bridgehead atoms. The van der Waals surface area contributed by atoms with Gasteiger partial charge in [-0.15, -0.1) is 0 Å². The minimum absolute atomic E-state index is 0.160. The van der Waals surface area contributed by atoms with Gasteiger partial charge in [0.05, 0.1) is 24.4 Å². The molecule has 0 atom stereocenters. The van der Waals surface area contributed by atoms with Crippen molar-refractivity contribution in [2.24, 2.45) is 0 Å². The molecule has 1 N–H and O–H groups in total. The number of fused-ring (bicyclic) bond motifs is 1. The molecule has 39 heavy (non-hydrogen) atoms. The van der Waals surface area contributed by atoms with Gasteiger partial charge in [-0.05, 0) is 41.2 Å². The van der Waals surface area contributed by atoms with Crippen molar-refractivity contribution < 1.29 is 23.5 Å². The lowest BCUT2D eigenvalue weighted by atomic mass is 9.93. The summed E-state index contributed by atoms with van der Waals surface area (Å²) in [6.07, 6.45) is 4.34. The van der Waals surface area contributed by atoms with E-state index >= 15 is 0 Å². The molecule has 1 aliphatic carbocycles. The normalized spacial score (nSPS) is 13.6. The second-order valence-corrected chi connectivity index (χ2v) is 9.59. The maximum Gasteiger partial charge on any atom is 0.412 e. The highest BCUT2D eigenvalue weighted by molar-refractivity contribution is 6.04. The maximum atomic E-state index is 12.7. The number of carbonyl (C=O) groups excluding carboxylic acids is 2. The molecule has 0 spiro atoms. The average molecular weight is 519 g/mol. The van der Waals surface area contributed by atoms with Crippen molar-refractivity contribution in [3.05, 3.63) is 108 Å². The van der Waals surface area contributed by atoms with Gasteiger partial charge in [0.1, 0.15) is 6.61 Å². The number of esters is 1. The lowest BCUT2D eigenvalue weighted by Crippen LogP contribution is -2.21. The van der Waals surface area contributed by atoms with Crippen molar-refractivity contribution in [3.63, 3.8) is 0 Å². The summed E-state index contributed by atoms with van der Waals surface area (Å²) >= 11 is 0. The van der Waals surface area contributed by atoms with E-state index in [1.165, 1.54) is 7.11 Å². The van der Waals surface area contributed by atoms with Gasteiger partial charge in [0.2, 0.25) is 0 Å². The maximum absolute atomic E-state index is 12.7.